The lowest BCUT2D eigenvalue weighted by molar-refractivity contribution is -0.253. The molecule has 9 nitrogen and oxygen atoms in total. The van der Waals surface area contributed by atoms with Gasteiger partial charge in [-0.15, -0.1) is 0 Å². The lowest BCUT2D eigenvalue weighted by Crippen LogP contribution is -2.38. The van der Waals surface area contributed by atoms with E-state index in [1.54, 1.807) is 12.1 Å². The molecule has 5 N–H and O–H groups in total. The summed E-state index contributed by atoms with van der Waals surface area (Å²) in [5.74, 6) is -0.279. The highest BCUT2D eigenvalue weighted by Gasteiger charge is 2.33. The van der Waals surface area contributed by atoms with E-state index in [0.29, 0.717) is 30.8 Å². The number of nitrogens with one attached hydrogen (secondary N) is 2. The van der Waals surface area contributed by atoms with E-state index in [1.807, 2.05) is 48.5 Å². The summed E-state index contributed by atoms with van der Waals surface area (Å²) in [5.41, 5.74) is 14.1. The Balaban J connectivity index is 0.973. The van der Waals surface area contributed by atoms with Crippen LogP contribution < -0.4 is 16.4 Å². The zero-order valence-electron chi connectivity index (χ0n) is 33.1. The number of fused-ring (bicyclic) bond motifs is 1. The van der Waals surface area contributed by atoms with Gasteiger partial charge in [-0.25, -0.2) is 0 Å². The fourth-order valence-corrected chi connectivity index (χ4v) is 7.45. The van der Waals surface area contributed by atoms with E-state index in [0.717, 1.165) is 39.9 Å². The Morgan fingerprint density at radius 3 is 2.26 bits per heavy atom. The van der Waals surface area contributed by atoms with E-state index in [4.69, 9.17) is 15.2 Å². The van der Waals surface area contributed by atoms with E-state index in [2.05, 4.69) is 108 Å². The first kappa shape index (κ1) is 40.4. The Kier molecular flexibility index (Phi) is 13.3. The number of ether oxygens (including phenoxy) is 2. The second-order valence-corrected chi connectivity index (χ2v) is 15.2. The largest absolute Gasteiger partial charge is 0.397 e. The van der Waals surface area contributed by atoms with Crippen LogP contribution in [0.25, 0.3) is 21.9 Å². The third kappa shape index (κ3) is 10.4. The lowest BCUT2D eigenvalue weighted by atomic mass is 9.98. The minimum atomic E-state index is -0.566. The number of carbonyl (C=O) groups excluding carboxylic acids is 2. The maximum atomic E-state index is 12.6. The van der Waals surface area contributed by atoms with Crippen LogP contribution in [-0.4, -0.2) is 41.5 Å². The maximum absolute atomic E-state index is 12.6. The number of nitrogens with zero attached hydrogens (tertiary/aromatic N) is 1. The highest BCUT2D eigenvalue weighted by Crippen LogP contribution is 2.39. The van der Waals surface area contributed by atoms with E-state index in [-0.39, 0.29) is 49.5 Å². The van der Waals surface area contributed by atoms with Crippen LogP contribution in [0.3, 0.4) is 0 Å². The molecule has 298 valence electrons. The molecule has 6 aromatic carbocycles. The maximum Gasteiger partial charge on any atom is 0.224 e. The SMILES string of the molecule is CC(c1ccc2ccccc2c1)N(C)CC1CC(c2ccc(CO)cc2)OC(c2ccc(-c3cccc(CNC(=O)CCCC(=O)Nc4ccccc4N)c3)cc2)O1. The minimum Gasteiger partial charge on any atom is -0.397 e. The summed E-state index contributed by atoms with van der Waals surface area (Å²) in [6.45, 7) is 3.34. The van der Waals surface area contributed by atoms with E-state index < -0.39 is 6.29 Å². The van der Waals surface area contributed by atoms with Gasteiger partial charge in [0.25, 0.3) is 0 Å². The van der Waals surface area contributed by atoms with Crippen molar-refractivity contribution in [1.29, 1.82) is 0 Å². The molecule has 0 bridgehead atoms. The second-order valence-electron chi connectivity index (χ2n) is 15.2. The van der Waals surface area contributed by atoms with Crippen molar-refractivity contribution in [1.82, 2.24) is 10.2 Å². The Labute approximate surface area is 340 Å². The summed E-state index contributed by atoms with van der Waals surface area (Å²) in [6, 6.07) is 46.8. The van der Waals surface area contributed by atoms with Gasteiger partial charge in [0.15, 0.2) is 6.29 Å². The van der Waals surface area contributed by atoms with Crippen LogP contribution in [0.4, 0.5) is 11.4 Å². The van der Waals surface area contributed by atoms with Crippen LogP contribution in [-0.2, 0) is 32.2 Å². The summed E-state index contributed by atoms with van der Waals surface area (Å²) >= 11 is 0. The molecule has 2 amide bonds. The van der Waals surface area contributed by atoms with Crippen molar-refractivity contribution in [3.63, 3.8) is 0 Å². The van der Waals surface area contributed by atoms with Crippen molar-refractivity contribution in [2.24, 2.45) is 0 Å². The van der Waals surface area contributed by atoms with Crippen LogP contribution in [0.15, 0.2) is 140 Å². The van der Waals surface area contributed by atoms with Gasteiger partial charge in [0.2, 0.25) is 11.8 Å². The number of aliphatic hydroxyl groups excluding tert-OH is 1. The van der Waals surface area contributed by atoms with Gasteiger partial charge in [0, 0.05) is 44.0 Å². The van der Waals surface area contributed by atoms with Gasteiger partial charge in [-0.1, -0.05) is 115 Å². The number of likely N-dealkylation sites (N-methyl/N-ethyl adjacent to an activating group) is 1. The average molecular weight is 777 g/mol. The number of amides is 2. The van der Waals surface area contributed by atoms with Crippen molar-refractivity contribution in [3.8, 4) is 11.1 Å². The molecule has 1 heterocycles. The standard InChI is InChI=1S/C49H52N4O5/c1-33(40-26-23-36-10-3-4-11-42(36)28-40)53(2)31-43-29-46(38-19-17-34(32-54)18-20-38)58-49(57-43)39-24-21-37(22-25-39)41-12-7-9-35(27-41)30-51-47(55)15-8-16-48(56)52-45-14-6-5-13-44(45)50/h3-7,9-14,17-28,33,43,46,49,54H,8,15-16,29-32,50H2,1-2H3,(H,51,55)(H,52,56). The number of hydrogen-bond acceptors (Lipinski definition) is 7. The van der Waals surface area contributed by atoms with Crippen molar-refractivity contribution in [2.45, 2.75) is 70.3 Å². The molecule has 0 saturated carbocycles. The highest BCUT2D eigenvalue weighted by molar-refractivity contribution is 5.94. The first-order valence-electron chi connectivity index (χ1n) is 20.0. The lowest BCUT2D eigenvalue weighted by Gasteiger charge is -2.39. The van der Waals surface area contributed by atoms with Crippen molar-refractivity contribution in [3.05, 3.63) is 167 Å². The van der Waals surface area contributed by atoms with Gasteiger partial charge in [0.05, 0.1) is 30.2 Å². The fourth-order valence-electron chi connectivity index (χ4n) is 7.45. The van der Waals surface area contributed by atoms with Gasteiger partial charge in [-0.3, -0.25) is 14.5 Å². The van der Waals surface area contributed by atoms with Crippen LogP contribution in [0.2, 0.25) is 0 Å². The number of anilines is 2. The number of carbonyl (C=O) groups is 2. The van der Waals surface area contributed by atoms with Crippen molar-refractivity contribution < 1.29 is 24.2 Å². The average Bonchev–Trinajstić information content (AvgIpc) is 3.26. The Bertz CT molecular complexity index is 2310. The Morgan fingerprint density at radius 2 is 1.48 bits per heavy atom. The summed E-state index contributed by atoms with van der Waals surface area (Å²) in [4.78, 5) is 27.3. The summed E-state index contributed by atoms with van der Waals surface area (Å²) in [7, 11) is 2.15. The molecule has 0 radical (unpaired) electrons. The van der Waals surface area contributed by atoms with Crippen LogP contribution >= 0.6 is 0 Å². The molecule has 1 fully saturated rings. The van der Waals surface area contributed by atoms with E-state index >= 15 is 0 Å². The molecule has 9 heteroatoms. The zero-order chi connectivity index (χ0) is 40.4. The number of benzene rings is 6. The molecule has 4 unspecified atom stereocenters. The van der Waals surface area contributed by atoms with Gasteiger partial charge < -0.3 is 30.9 Å². The molecule has 0 aliphatic carbocycles. The molecule has 1 saturated heterocycles. The molecule has 0 spiro atoms. The van der Waals surface area contributed by atoms with Crippen molar-refractivity contribution >= 4 is 34.0 Å². The molecule has 7 rings (SSSR count). The normalized spacial score (nSPS) is 17.2. The topological polar surface area (TPSA) is 126 Å². The first-order valence-corrected chi connectivity index (χ1v) is 20.0. The molecule has 1 aliphatic rings. The molecule has 1 aliphatic heterocycles. The first-order chi connectivity index (χ1) is 28.2. The smallest absolute Gasteiger partial charge is 0.224 e. The molecule has 58 heavy (non-hydrogen) atoms. The van der Waals surface area contributed by atoms with Crippen LogP contribution in [0, 0.1) is 0 Å². The predicted molar refractivity (Wildman–Crippen MR) is 230 cm³/mol. The number of rotatable bonds is 15. The summed E-state index contributed by atoms with van der Waals surface area (Å²) in [6.07, 6.45) is 0.771. The zero-order valence-corrected chi connectivity index (χ0v) is 33.1. The van der Waals surface area contributed by atoms with E-state index in [9.17, 15) is 14.7 Å². The molecule has 6 aromatic rings. The number of nitrogens with two attached hydrogens (primary N) is 1. The van der Waals surface area contributed by atoms with Crippen LogP contribution in [0.1, 0.15) is 78.9 Å². The molecule has 0 aromatic heterocycles. The van der Waals surface area contributed by atoms with Crippen molar-refractivity contribution in [2.75, 3.05) is 24.6 Å². The third-order valence-corrected chi connectivity index (χ3v) is 11.0. The Hall–Kier alpha value is -5.84. The number of hydrogen-bond donors (Lipinski definition) is 4. The van der Waals surface area contributed by atoms with Gasteiger partial charge >= 0.3 is 0 Å². The minimum absolute atomic E-state index is 0.00446. The monoisotopic (exact) mass is 776 g/mol. The second kappa shape index (κ2) is 19.1. The van der Waals surface area contributed by atoms with Gasteiger partial charge in [-0.05, 0) is 88.8 Å². The number of aliphatic hydroxyl groups is 1. The van der Waals surface area contributed by atoms with Gasteiger partial charge in [-0.2, -0.15) is 0 Å². The van der Waals surface area contributed by atoms with Gasteiger partial charge in [0.1, 0.15) is 0 Å². The molecule has 4 atom stereocenters. The fraction of sp³-hybridized carbons (Fsp3) is 0.265. The summed E-state index contributed by atoms with van der Waals surface area (Å²) in [5, 5.41) is 17.9. The Morgan fingerprint density at radius 1 is 0.759 bits per heavy atom. The summed E-state index contributed by atoms with van der Waals surface area (Å²) < 4.78 is 13.4. The predicted octanol–water partition coefficient (Wildman–Crippen LogP) is 9.24. The third-order valence-electron chi connectivity index (χ3n) is 11.0. The number of nitrogen functional groups attached to an aromatic ring is 1. The molecular formula is C49H52N4O5. The van der Waals surface area contributed by atoms with E-state index in [1.165, 1.54) is 16.3 Å². The quantitative estimate of drug-likeness (QED) is 0.0767. The number of para-hydroxylation sites is 2. The molecular weight excluding hydrogens is 725 g/mol. The van der Waals surface area contributed by atoms with Crippen LogP contribution in [0.5, 0.6) is 0 Å². The highest BCUT2D eigenvalue weighted by atomic mass is 16.7.